The Bertz CT molecular complexity index is 642. The number of nitrogens with two attached hydrogens (primary N) is 1. The van der Waals surface area contributed by atoms with E-state index in [0.717, 1.165) is 17.0 Å². The number of carbonyl (C=O) groups excluding carboxylic acids is 1. The molecule has 1 amide bonds. The fourth-order valence-electron chi connectivity index (χ4n) is 2.07. The molecular weight excluding hydrogens is 264 g/mol. The Labute approximate surface area is 124 Å². The molecule has 1 aromatic heterocycles. The lowest BCUT2D eigenvalue weighted by Gasteiger charge is -2.23. The number of carbonyl (C=O) groups is 1. The number of aromatic nitrogens is 2. The van der Waals surface area contributed by atoms with Crippen LogP contribution >= 0.6 is 0 Å². The van der Waals surface area contributed by atoms with Gasteiger partial charge in [0.2, 0.25) is 11.9 Å². The van der Waals surface area contributed by atoms with Gasteiger partial charge < -0.3 is 5.73 Å². The number of aryl methyl sites for hydroxylation is 2. The van der Waals surface area contributed by atoms with Gasteiger partial charge in [-0.05, 0) is 51.5 Å². The lowest BCUT2D eigenvalue weighted by molar-refractivity contribution is -0.120. The maximum Gasteiger partial charge on any atom is 0.236 e. The minimum Gasteiger partial charge on any atom is -0.399 e. The first kappa shape index (κ1) is 15.0. The Morgan fingerprint density at radius 1 is 1.10 bits per heavy atom. The molecule has 0 unspecified atom stereocenters. The Balaban J connectivity index is 2.23. The Hall–Kier alpha value is -2.43. The first-order valence-electron chi connectivity index (χ1n) is 6.79. The summed E-state index contributed by atoms with van der Waals surface area (Å²) in [5.41, 5.74) is 8.19. The van der Waals surface area contributed by atoms with E-state index in [9.17, 15) is 4.79 Å². The van der Waals surface area contributed by atoms with E-state index in [1.165, 1.54) is 0 Å². The summed E-state index contributed by atoms with van der Waals surface area (Å²) in [6.07, 6.45) is 0. The summed E-state index contributed by atoms with van der Waals surface area (Å²) in [5.74, 6) is 0.179. The van der Waals surface area contributed by atoms with Crippen molar-refractivity contribution in [2.24, 2.45) is 0 Å². The third-order valence-corrected chi connectivity index (χ3v) is 3.41. The fraction of sp³-hybridized carbons (Fsp3) is 0.312. The van der Waals surface area contributed by atoms with Crippen LogP contribution in [0.3, 0.4) is 0 Å². The van der Waals surface area contributed by atoms with Crippen molar-refractivity contribution < 1.29 is 4.79 Å². The number of amides is 1. The standard InChI is InChI=1S/C16H20N4O/c1-10-9-11(2)19-15(18-10)20-14(21)16(3,4)12-5-7-13(17)8-6-12/h5-9H,17H2,1-4H3,(H,18,19,20,21). The smallest absolute Gasteiger partial charge is 0.236 e. The molecule has 0 saturated heterocycles. The van der Waals surface area contributed by atoms with Crippen LogP contribution in [0.25, 0.3) is 0 Å². The normalized spacial score (nSPS) is 11.2. The molecule has 0 spiro atoms. The molecular formula is C16H20N4O. The Kier molecular flexibility index (Phi) is 3.93. The number of hydrogen-bond donors (Lipinski definition) is 2. The van der Waals surface area contributed by atoms with Crippen molar-refractivity contribution in [1.29, 1.82) is 0 Å². The summed E-state index contributed by atoms with van der Waals surface area (Å²) in [7, 11) is 0. The third kappa shape index (κ3) is 3.37. The van der Waals surface area contributed by atoms with Crippen LogP contribution in [0.5, 0.6) is 0 Å². The van der Waals surface area contributed by atoms with Crippen LogP contribution in [0.2, 0.25) is 0 Å². The molecule has 21 heavy (non-hydrogen) atoms. The van der Waals surface area contributed by atoms with Gasteiger partial charge in [-0.25, -0.2) is 9.97 Å². The minimum atomic E-state index is -0.700. The second-order valence-corrected chi connectivity index (χ2v) is 5.68. The largest absolute Gasteiger partial charge is 0.399 e. The van der Waals surface area contributed by atoms with E-state index in [1.54, 1.807) is 12.1 Å². The maximum absolute atomic E-state index is 12.5. The van der Waals surface area contributed by atoms with E-state index in [-0.39, 0.29) is 5.91 Å². The van der Waals surface area contributed by atoms with E-state index in [0.29, 0.717) is 11.6 Å². The highest BCUT2D eigenvalue weighted by atomic mass is 16.2. The number of rotatable bonds is 3. The van der Waals surface area contributed by atoms with Crippen LogP contribution in [0, 0.1) is 13.8 Å². The molecule has 0 radical (unpaired) electrons. The maximum atomic E-state index is 12.5. The molecule has 0 saturated carbocycles. The molecule has 3 N–H and O–H groups in total. The van der Waals surface area contributed by atoms with Crippen LogP contribution < -0.4 is 11.1 Å². The quantitative estimate of drug-likeness (QED) is 0.849. The first-order valence-corrected chi connectivity index (χ1v) is 6.79. The van der Waals surface area contributed by atoms with Gasteiger partial charge in [0.05, 0.1) is 5.41 Å². The van der Waals surface area contributed by atoms with Gasteiger partial charge in [0.1, 0.15) is 0 Å². The van der Waals surface area contributed by atoms with Crippen molar-refractivity contribution in [3.63, 3.8) is 0 Å². The number of nitrogen functional groups attached to an aromatic ring is 1. The van der Waals surface area contributed by atoms with E-state index >= 15 is 0 Å². The van der Waals surface area contributed by atoms with Crippen molar-refractivity contribution in [2.45, 2.75) is 33.1 Å². The van der Waals surface area contributed by atoms with Gasteiger partial charge in [-0.3, -0.25) is 10.1 Å². The van der Waals surface area contributed by atoms with Gasteiger partial charge in [0, 0.05) is 17.1 Å². The average Bonchev–Trinajstić information content (AvgIpc) is 2.37. The highest BCUT2D eigenvalue weighted by molar-refractivity contribution is 5.97. The molecule has 5 heteroatoms. The van der Waals surface area contributed by atoms with Gasteiger partial charge in [0.15, 0.2) is 0 Å². The van der Waals surface area contributed by atoms with Gasteiger partial charge in [0.25, 0.3) is 0 Å². The molecule has 2 rings (SSSR count). The van der Waals surface area contributed by atoms with E-state index in [4.69, 9.17) is 5.73 Å². The molecule has 2 aromatic rings. The highest BCUT2D eigenvalue weighted by Gasteiger charge is 2.30. The molecule has 0 bridgehead atoms. The molecule has 0 fully saturated rings. The molecule has 1 aromatic carbocycles. The van der Waals surface area contributed by atoms with Crippen LogP contribution in [-0.4, -0.2) is 15.9 Å². The molecule has 0 aliphatic heterocycles. The predicted octanol–water partition coefficient (Wildman–Crippen LogP) is 2.59. The van der Waals surface area contributed by atoms with E-state index in [2.05, 4.69) is 15.3 Å². The molecule has 0 aliphatic carbocycles. The topological polar surface area (TPSA) is 80.9 Å². The lowest BCUT2D eigenvalue weighted by Crippen LogP contribution is -2.35. The monoisotopic (exact) mass is 284 g/mol. The molecule has 0 atom stereocenters. The van der Waals surface area contributed by atoms with Crippen molar-refractivity contribution in [1.82, 2.24) is 9.97 Å². The fourth-order valence-corrected chi connectivity index (χ4v) is 2.07. The van der Waals surface area contributed by atoms with Crippen LogP contribution in [-0.2, 0) is 10.2 Å². The summed E-state index contributed by atoms with van der Waals surface area (Å²) >= 11 is 0. The molecule has 1 heterocycles. The summed E-state index contributed by atoms with van der Waals surface area (Å²) in [4.78, 5) is 21.0. The lowest BCUT2D eigenvalue weighted by atomic mass is 9.83. The summed E-state index contributed by atoms with van der Waals surface area (Å²) in [5, 5.41) is 2.78. The minimum absolute atomic E-state index is 0.155. The number of nitrogens with one attached hydrogen (secondary N) is 1. The summed E-state index contributed by atoms with van der Waals surface area (Å²) in [6, 6.07) is 9.16. The van der Waals surface area contributed by atoms with E-state index in [1.807, 2.05) is 45.9 Å². The molecule has 110 valence electrons. The summed E-state index contributed by atoms with van der Waals surface area (Å²) in [6.45, 7) is 7.46. The van der Waals surface area contributed by atoms with Crippen molar-refractivity contribution in [2.75, 3.05) is 11.1 Å². The number of benzene rings is 1. The van der Waals surface area contributed by atoms with Crippen LogP contribution in [0.1, 0.15) is 30.8 Å². The van der Waals surface area contributed by atoms with Gasteiger partial charge >= 0.3 is 0 Å². The molecule has 0 aliphatic rings. The predicted molar refractivity (Wildman–Crippen MR) is 84.0 cm³/mol. The number of hydrogen-bond acceptors (Lipinski definition) is 4. The van der Waals surface area contributed by atoms with Crippen LogP contribution in [0.15, 0.2) is 30.3 Å². The zero-order chi connectivity index (χ0) is 15.6. The van der Waals surface area contributed by atoms with Crippen molar-refractivity contribution in [3.05, 3.63) is 47.3 Å². The second-order valence-electron chi connectivity index (χ2n) is 5.68. The average molecular weight is 284 g/mol. The highest BCUT2D eigenvalue weighted by Crippen LogP contribution is 2.25. The Morgan fingerprint density at radius 3 is 2.14 bits per heavy atom. The third-order valence-electron chi connectivity index (χ3n) is 3.41. The number of anilines is 2. The van der Waals surface area contributed by atoms with Gasteiger partial charge in [-0.2, -0.15) is 0 Å². The first-order chi connectivity index (χ1) is 9.79. The SMILES string of the molecule is Cc1cc(C)nc(NC(=O)C(C)(C)c2ccc(N)cc2)n1. The van der Waals surface area contributed by atoms with Crippen molar-refractivity contribution in [3.8, 4) is 0 Å². The van der Waals surface area contributed by atoms with E-state index < -0.39 is 5.41 Å². The Morgan fingerprint density at radius 2 is 1.62 bits per heavy atom. The van der Waals surface area contributed by atoms with Gasteiger partial charge in [-0.1, -0.05) is 12.1 Å². The zero-order valence-electron chi connectivity index (χ0n) is 12.8. The number of nitrogens with zero attached hydrogens (tertiary/aromatic N) is 2. The second kappa shape index (κ2) is 5.52. The van der Waals surface area contributed by atoms with Crippen molar-refractivity contribution >= 4 is 17.5 Å². The summed E-state index contributed by atoms with van der Waals surface area (Å²) < 4.78 is 0. The van der Waals surface area contributed by atoms with Gasteiger partial charge in [-0.15, -0.1) is 0 Å². The van der Waals surface area contributed by atoms with Crippen LogP contribution in [0.4, 0.5) is 11.6 Å². The zero-order valence-corrected chi connectivity index (χ0v) is 12.8. The molecule has 5 nitrogen and oxygen atoms in total.